The Morgan fingerprint density at radius 2 is 2.00 bits per heavy atom. The lowest BCUT2D eigenvalue weighted by atomic mass is 10.3. The molecule has 0 radical (unpaired) electrons. The molecule has 0 aromatic carbocycles. The number of hydrogen-bond acceptors (Lipinski definition) is 8. The van der Waals surface area contributed by atoms with E-state index in [0.29, 0.717) is 25.3 Å². The fourth-order valence-electron chi connectivity index (χ4n) is 3.09. The Morgan fingerprint density at radius 1 is 1.17 bits per heavy atom. The number of Topliss-reactive ketones (excluding diaryl/α,β-unsaturated/α-hetero) is 1. The molecule has 0 fully saturated rings. The average molecular weight is 500 g/mol. The molecule has 10 nitrogen and oxygen atoms in total. The molecule has 0 spiro atoms. The SMILES string of the molecule is C/C=C\CN=C(CNc1cnccc1NC(C)=O)N(C/C=C\CC)CCCNCC(=O)CO/N=C\C. The van der Waals surface area contributed by atoms with Crippen LogP contribution in [0.3, 0.4) is 0 Å². The molecule has 0 saturated carbocycles. The minimum absolute atomic E-state index is 0.0342. The summed E-state index contributed by atoms with van der Waals surface area (Å²) in [6.07, 6.45) is 14.9. The van der Waals surface area contributed by atoms with Crippen LogP contribution in [0.15, 0.2) is 52.9 Å². The van der Waals surface area contributed by atoms with E-state index >= 15 is 0 Å². The summed E-state index contributed by atoms with van der Waals surface area (Å²) in [6.45, 7) is 10.7. The number of amidine groups is 1. The van der Waals surface area contributed by atoms with E-state index in [-0.39, 0.29) is 24.8 Å². The Kier molecular flexibility index (Phi) is 16.7. The zero-order valence-corrected chi connectivity index (χ0v) is 22.0. The Hall–Kier alpha value is -3.53. The third-order valence-corrected chi connectivity index (χ3v) is 4.79. The lowest BCUT2D eigenvalue weighted by molar-refractivity contribution is -0.122. The number of rotatable bonds is 18. The van der Waals surface area contributed by atoms with Crippen molar-refractivity contribution in [2.75, 3.05) is 56.5 Å². The van der Waals surface area contributed by atoms with Crippen molar-refractivity contribution in [1.82, 2.24) is 15.2 Å². The average Bonchev–Trinajstić information content (AvgIpc) is 2.86. The Labute approximate surface area is 215 Å². The van der Waals surface area contributed by atoms with E-state index in [1.807, 2.05) is 19.1 Å². The molecule has 10 heteroatoms. The quantitative estimate of drug-likeness (QED) is 0.0932. The third kappa shape index (κ3) is 14.0. The van der Waals surface area contributed by atoms with Crippen molar-refractivity contribution >= 4 is 35.1 Å². The lowest BCUT2D eigenvalue weighted by Gasteiger charge is -2.26. The van der Waals surface area contributed by atoms with Gasteiger partial charge in [-0.3, -0.25) is 19.6 Å². The Morgan fingerprint density at radius 3 is 2.72 bits per heavy atom. The van der Waals surface area contributed by atoms with Gasteiger partial charge in [0.1, 0.15) is 5.84 Å². The maximum absolute atomic E-state index is 11.8. The lowest BCUT2D eigenvalue weighted by Crippen LogP contribution is -2.38. The zero-order valence-electron chi connectivity index (χ0n) is 22.0. The fraction of sp³-hybridized carbons (Fsp3) is 0.500. The molecule has 0 saturated heterocycles. The number of nitrogens with zero attached hydrogens (tertiary/aromatic N) is 4. The van der Waals surface area contributed by atoms with Gasteiger partial charge in [-0.1, -0.05) is 36.4 Å². The second-order valence-corrected chi connectivity index (χ2v) is 7.81. The maximum atomic E-state index is 11.8. The van der Waals surface area contributed by atoms with Crippen molar-refractivity contribution < 1.29 is 14.4 Å². The van der Waals surface area contributed by atoms with Gasteiger partial charge in [-0.05, 0) is 39.3 Å². The molecular formula is C26H41N7O3. The number of anilines is 2. The number of nitrogens with one attached hydrogen (secondary N) is 3. The third-order valence-electron chi connectivity index (χ3n) is 4.79. The molecule has 1 amide bonds. The number of pyridine rings is 1. The van der Waals surface area contributed by atoms with Crippen molar-refractivity contribution in [2.24, 2.45) is 10.1 Å². The van der Waals surface area contributed by atoms with Crippen molar-refractivity contribution in [3.63, 3.8) is 0 Å². The number of aromatic nitrogens is 1. The normalized spacial score (nSPS) is 11.9. The summed E-state index contributed by atoms with van der Waals surface area (Å²) in [6, 6.07) is 1.76. The summed E-state index contributed by atoms with van der Waals surface area (Å²) in [7, 11) is 0. The van der Waals surface area contributed by atoms with E-state index in [0.717, 1.165) is 37.5 Å². The number of hydrogen-bond donors (Lipinski definition) is 3. The first-order chi connectivity index (χ1) is 17.5. The molecule has 3 N–H and O–H groups in total. The van der Waals surface area contributed by atoms with E-state index in [4.69, 9.17) is 9.83 Å². The van der Waals surface area contributed by atoms with E-state index in [2.05, 4.69) is 50.1 Å². The second-order valence-electron chi connectivity index (χ2n) is 7.81. The molecule has 1 rings (SSSR count). The number of allylic oxidation sites excluding steroid dienone is 2. The van der Waals surface area contributed by atoms with Gasteiger partial charge < -0.3 is 25.7 Å². The smallest absolute Gasteiger partial charge is 0.221 e. The topological polar surface area (TPSA) is 120 Å². The van der Waals surface area contributed by atoms with Gasteiger partial charge >= 0.3 is 0 Å². The van der Waals surface area contributed by atoms with E-state index in [1.165, 1.54) is 13.1 Å². The Balaban J connectivity index is 2.83. The van der Waals surface area contributed by atoms with Crippen LogP contribution < -0.4 is 16.0 Å². The first kappa shape index (κ1) is 30.5. The van der Waals surface area contributed by atoms with Crippen LogP contribution in [0.1, 0.15) is 40.5 Å². The maximum Gasteiger partial charge on any atom is 0.221 e. The van der Waals surface area contributed by atoms with Crippen LogP contribution in [-0.2, 0) is 14.4 Å². The number of carbonyl (C=O) groups is 2. The monoisotopic (exact) mass is 499 g/mol. The van der Waals surface area contributed by atoms with Gasteiger partial charge in [0.25, 0.3) is 0 Å². The predicted octanol–water partition coefficient (Wildman–Crippen LogP) is 3.27. The molecule has 1 heterocycles. The van der Waals surface area contributed by atoms with Crippen molar-refractivity contribution in [2.45, 2.75) is 40.5 Å². The Bertz CT molecular complexity index is 897. The highest BCUT2D eigenvalue weighted by Gasteiger charge is 2.12. The molecular weight excluding hydrogens is 458 g/mol. The first-order valence-electron chi connectivity index (χ1n) is 12.3. The summed E-state index contributed by atoms with van der Waals surface area (Å²) in [5.74, 6) is 0.703. The molecule has 198 valence electrons. The van der Waals surface area contributed by atoms with Crippen molar-refractivity contribution in [3.05, 3.63) is 42.8 Å². The zero-order chi connectivity index (χ0) is 26.4. The summed E-state index contributed by atoms with van der Waals surface area (Å²) in [4.78, 5) is 39.5. The minimum atomic E-state index is -0.145. The van der Waals surface area contributed by atoms with E-state index in [9.17, 15) is 9.59 Å². The van der Waals surface area contributed by atoms with Gasteiger partial charge in [-0.25, -0.2) is 0 Å². The van der Waals surface area contributed by atoms with Gasteiger partial charge in [0, 0.05) is 32.4 Å². The molecule has 0 aliphatic heterocycles. The molecule has 0 unspecified atom stereocenters. The van der Waals surface area contributed by atoms with Gasteiger partial charge in [0.2, 0.25) is 5.91 Å². The molecule has 0 bridgehead atoms. The highest BCUT2D eigenvalue weighted by Crippen LogP contribution is 2.19. The number of ketones is 1. The van der Waals surface area contributed by atoms with E-state index in [1.54, 1.807) is 25.4 Å². The predicted molar refractivity (Wildman–Crippen MR) is 148 cm³/mol. The van der Waals surface area contributed by atoms with Crippen molar-refractivity contribution in [3.8, 4) is 0 Å². The highest BCUT2D eigenvalue weighted by molar-refractivity contribution is 5.93. The summed E-state index contributed by atoms with van der Waals surface area (Å²) in [5.41, 5.74) is 1.40. The molecule has 36 heavy (non-hydrogen) atoms. The number of oxime groups is 1. The molecule has 1 aromatic heterocycles. The highest BCUT2D eigenvalue weighted by atomic mass is 16.6. The largest absolute Gasteiger partial charge is 0.388 e. The van der Waals surface area contributed by atoms with Crippen LogP contribution in [0.25, 0.3) is 0 Å². The number of carbonyl (C=O) groups excluding carboxylic acids is 2. The minimum Gasteiger partial charge on any atom is -0.388 e. The van der Waals surface area contributed by atoms with E-state index < -0.39 is 0 Å². The first-order valence-corrected chi connectivity index (χ1v) is 12.3. The number of amides is 1. The summed E-state index contributed by atoms with van der Waals surface area (Å²) >= 11 is 0. The van der Waals surface area contributed by atoms with Crippen LogP contribution in [-0.4, -0.2) is 79.5 Å². The molecule has 0 aliphatic carbocycles. The van der Waals surface area contributed by atoms with Crippen LogP contribution in [0.5, 0.6) is 0 Å². The van der Waals surface area contributed by atoms with Gasteiger partial charge in [0.05, 0.1) is 37.2 Å². The summed E-state index contributed by atoms with van der Waals surface area (Å²) in [5, 5.41) is 13.0. The van der Waals surface area contributed by atoms with Crippen LogP contribution in [0.2, 0.25) is 0 Å². The molecule has 0 atom stereocenters. The van der Waals surface area contributed by atoms with Crippen LogP contribution >= 0.6 is 0 Å². The fourth-order valence-corrected chi connectivity index (χ4v) is 3.09. The van der Waals surface area contributed by atoms with Gasteiger partial charge in [0.15, 0.2) is 12.4 Å². The van der Waals surface area contributed by atoms with Crippen molar-refractivity contribution in [1.29, 1.82) is 0 Å². The van der Waals surface area contributed by atoms with Gasteiger partial charge in [-0.15, -0.1) is 0 Å². The molecule has 1 aromatic rings. The number of aliphatic imine (C=N–C) groups is 1. The van der Waals surface area contributed by atoms with Crippen LogP contribution in [0, 0.1) is 0 Å². The second kappa shape index (κ2) is 19.7. The standard InChI is InChI=1S/C26H41N7O3/c1-5-8-10-16-33(17-11-13-27-18-23(35)21-36-31-7-3)26(29-14-9-6-2)20-30-25-19-28-15-12-24(25)32-22(4)34/h6-10,12,15,19,27,30H,5,11,13-14,16-18,20-21H2,1-4H3,(H,28,32,34)/b9-6-,10-8-,29-26?,31-7-. The van der Waals surface area contributed by atoms with Crippen LogP contribution in [0.4, 0.5) is 11.4 Å². The summed E-state index contributed by atoms with van der Waals surface area (Å²) < 4.78 is 0. The van der Waals surface area contributed by atoms with Gasteiger partial charge in [-0.2, -0.15) is 0 Å². The molecule has 0 aliphatic rings.